The standard InChI is InChI=1S/C25H26N2O5/c1-3-4-15-27(2)24(30)22(13-14-23(28)29)26-25(31)32-16-21-19-11-7-5-9-17(19)18-10-6-8-12-20(18)21/h1,5-12,21-22H,4,13-16H2,2H3,(H,26,31)(H,28,29). The Kier molecular flexibility index (Phi) is 7.50. The summed E-state index contributed by atoms with van der Waals surface area (Å²) in [5, 5.41) is 11.5. The molecule has 0 saturated carbocycles. The molecule has 1 aliphatic carbocycles. The number of carbonyl (C=O) groups is 3. The molecule has 2 N–H and O–H groups in total. The fourth-order valence-electron chi connectivity index (χ4n) is 3.92. The highest BCUT2D eigenvalue weighted by molar-refractivity contribution is 5.86. The smallest absolute Gasteiger partial charge is 0.407 e. The number of alkyl carbamates (subject to hydrolysis) is 1. The molecule has 7 heteroatoms. The SMILES string of the molecule is C#CCCN(C)C(=O)C(CCC(=O)O)NC(=O)OCC1c2ccccc2-c2ccccc21. The van der Waals surface area contributed by atoms with Crippen LogP contribution >= 0.6 is 0 Å². The zero-order valence-electron chi connectivity index (χ0n) is 17.9. The summed E-state index contributed by atoms with van der Waals surface area (Å²) in [4.78, 5) is 37.6. The summed E-state index contributed by atoms with van der Waals surface area (Å²) in [6, 6.07) is 14.9. The van der Waals surface area contributed by atoms with E-state index in [1.165, 1.54) is 4.90 Å². The number of benzene rings is 2. The van der Waals surface area contributed by atoms with Crippen LogP contribution in [0.5, 0.6) is 0 Å². The van der Waals surface area contributed by atoms with Crippen LogP contribution in [-0.2, 0) is 14.3 Å². The number of ether oxygens (including phenoxy) is 1. The van der Waals surface area contributed by atoms with E-state index in [2.05, 4.69) is 11.2 Å². The van der Waals surface area contributed by atoms with Gasteiger partial charge in [0.05, 0.1) is 0 Å². The molecular formula is C25H26N2O5. The van der Waals surface area contributed by atoms with Crippen LogP contribution in [0.1, 0.15) is 36.3 Å². The van der Waals surface area contributed by atoms with E-state index in [0.717, 1.165) is 22.3 Å². The molecule has 0 bridgehead atoms. The molecule has 3 rings (SSSR count). The molecule has 2 amide bonds. The van der Waals surface area contributed by atoms with Crippen molar-refractivity contribution >= 4 is 18.0 Å². The van der Waals surface area contributed by atoms with Crippen LogP contribution < -0.4 is 5.32 Å². The lowest BCUT2D eigenvalue weighted by Crippen LogP contribution is -2.48. The third-order valence-corrected chi connectivity index (χ3v) is 5.55. The van der Waals surface area contributed by atoms with Crippen LogP contribution in [0.2, 0.25) is 0 Å². The van der Waals surface area contributed by atoms with E-state index in [9.17, 15) is 14.4 Å². The molecule has 0 saturated heterocycles. The Morgan fingerprint density at radius 3 is 2.28 bits per heavy atom. The van der Waals surface area contributed by atoms with Gasteiger partial charge in [0.25, 0.3) is 0 Å². The summed E-state index contributed by atoms with van der Waals surface area (Å²) >= 11 is 0. The second kappa shape index (κ2) is 10.5. The van der Waals surface area contributed by atoms with Crippen molar-refractivity contribution in [1.82, 2.24) is 10.2 Å². The molecule has 1 unspecified atom stereocenters. The van der Waals surface area contributed by atoms with Crippen LogP contribution in [-0.4, -0.2) is 54.2 Å². The largest absolute Gasteiger partial charge is 0.481 e. The minimum atomic E-state index is -1.05. The third-order valence-electron chi connectivity index (χ3n) is 5.55. The molecule has 7 nitrogen and oxygen atoms in total. The average molecular weight is 434 g/mol. The number of terminal acetylenes is 1. The van der Waals surface area contributed by atoms with Gasteiger partial charge in [-0.15, -0.1) is 12.3 Å². The molecule has 0 spiro atoms. The number of hydrogen-bond acceptors (Lipinski definition) is 4. The zero-order chi connectivity index (χ0) is 23.1. The Morgan fingerprint density at radius 1 is 1.12 bits per heavy atom. The van der Waals surface area contributed by atoms with Gasteiger partial charge in [-0.2, -0.15) is 0 Å². The molecule has 0 radical (unpaired) electrons. The Morgan fingerprint density at radius 2 is 1.72 bits per heavy atom. The molecule has 0 aromatic heterocycles. The van der Waals surface area contributed by atoms with Gasteiger partial charge in [-0.25, -0.2) is 4.79 Å². The van der Waals surface area contributed by atoms with Crippen LogP contribution in [0.15, 0.2) is 48.5 Å². The number of nitrogens with zero attached hydrogens (tertiary/aromatic N) is 1. The number of aliphatic carboxylic acids is 1. The van der Waals surface area contributed by atoms with E-state index < -0.39 is 24.0 Å². The highest BCUT2D eigenvalue weighted by atomic mass is 16.5. The predicted molar refractivity (Wildman–Crippen MR) is 120 cm³/mol. The Balaban J connectivity index is 1.67. The quantitative estimate of drug-likeness (QED) is 0.591. The minimum absolute atomic E-state index is 0.0429. The van der Waals surface area contributed by atoms with Crippen molar-refractivity contribution in [2.75, 3.05) is 20.2 Å². The first-order chi connectivity index (χ1) is 15.4. The normalized spacial score (nSPS) is 12.8. The average Bonchev–Trinajstić information content (AvgIpc) is 3.12. The molecule has 32 heavy (non-hydrogen) atoms. The topological polar surface area (TPSA) is 95.9 Å². The minimum Gasteiger partial charge on any atom is -0.481 e. The van der Waals surface area contributed by atoms with Crippen LogP contribution in [0.3, 0.4) is 0 Å². The molecule has 1 aliphatic rings. The van der Waals surface area contributed by atoms with Crippen LogP contribution in [0.4, 0.5) is 4.79 Å². The first kappa shape index (κ1) is 22.9. The van der Waals surface area contributed by atoms with Gasteiger partial charge in [0.2, 0.25) is 5.91 Å². The summed E-state index contributed by atoms with van der Waals surface area (Å²) in [7, 11) is 1.56. The fraction of sp³-hybridized carbons (Fsp3) is 0.320. The van der Waals surface area contributed by atoms with Gasteiger partial charge in [-0.05, 0) is 28.7 Å². The maximum atomic E-state index is 12.7. The summed E-state index contributed by atoms with van der Waals surface area (Å²) < 4.78 is 5.49. The number of rotatable bonds is 9. The summed E-state index contributed by atoms with van der Waals surface area (Å²) in [5.41, 5.74) is 4.38. The van der Waals surface area contributed by atoms with E-state index in [0.29, 0.717) is 13.0 Å². The maximum Gasteiger partial charge on any atom is 0.407 e. The summed E-state index contributed by atoms with van der Waals surface area (Å²) in [6.45, 7) is 0.415. The fourth-order valence-corrected chi connectivity index (χ4v) is 3.92. The van der Waals surface area contributed by atoms with Crippen molar-refractivity contribution in [2.45, 2.75) is 31.2 Å². The molecule has 2 aromatic carbocycles. The Labute approximate surface area is 187 Å². The predicted octanol–water partition coefficient (Wildman–Crippen LogP) is 3.24. The van der Waals surface area contributed by atoms with Crippen molar-refractivity contribution in [3.05, 3.63) is 59.7 Å². The lowest BCUT2D eigenvalue weighted by Gasteiger charge is -2.24. The summed E-state index contributed by atoms with van der Waals surface area (Å²) in [6.07, 6.45) is 4.54. The van der Waals surface area contributed by atoms with E-state index in [1.54, 1.807) is 7.05 Å². The lowest BCUT2D eigenvalue weighted by atomic mass is 9.98. The van der Waals surface area contributed by atoms with Gasteiger partial charge in [-0.1, -0.05) is 48.5 Å². The highest BCUT2D eigenvalue weighted by Gasteiger charge is 2.30. The zero-order valence-corrected chi connectivity index (χ0v) is 17.9. The number of carboxylic acids is 1. The number of carboxylic acid groups (broad SMARTS) is 1. The third kappa shape index (κ3) is 5.27. The lowest BCUT2D eigenvalue weighted by molar-refractivity contribution is -0.137. The van der Waals surface area contributed by atoms with Crippen molar-refractivity contribution < 1.29 is 24.2 Å². The molecular weight excluding hydrogens is 408 g/mol. The van der Waals surface area contributed by atoms with E-state index in [-0.39, 0.29) is 25.4 Å². The molecule has 0 heterocycles. The maximum absolute atomic E-state index is 12.7. The molecule has 166 valence electrons. The first-order valence-electron chi connectivity index (χ1n) is 10.4. The van der Waals surface area contributed by atoms with Gasteiger partial charge in [0, 0.05) is 32.4 Å². The second-order valence-corrected chi connectivity index (χ2v) is 7.67. The number of carbonyl (C=O) groups excluding carboxylic acids is 2. The monoisotopic (exact) mass is 434 g/mol. The van der Waals surface area contributed by atoms with Crippen molar-refractivity contribution in [1.29, 1.82) is 0 Å². The van der Waals surface area contributed by atoms with Gasteiger partial charge < -0.3 is 20.1 Å². The van der Waals surface area contributed by atoms with Crippen LogP contribution in [0, 0.1) is 12.3 Å². The van der Waals surface area contributed by atoms with Gasteiger partial charge >= 0.3 is 12.1 Å². The van der Waals surface area contributed by atoms with Crippen molar-refractivity contribution in [3.63, 3.8) is 0 Å². The van der Waals surface area contributed by atoms with E-state index in [4.69, 9.17) is 16.3 Å². The van der Waals surface area contributed by atoms with E-state index in [1.807, 2.05) is 48.5 Å². The van der Waals surface area contributed by atoms with E-state index >= 15 is 0 Å². The highest BCUT2D eigenvalue weighted by Crippen LogP contribution is 2.44. The Bertz CT molecular complexity index is 997. The van der Waals surface area contributed by atoms with Gasteiger partial charge in [0.15, 0.2) is 0 Å². The second-order valence-electron chi connectivity index (χ2n) is 7.67. The number of amides is 2. The summed E-state index contributed by atoms with van der Waals surface area (Å²) in [5.74, 6) is 0.880. The van der Waals surface area contributed by atoms with Gasteiger partial charge in [-0.3, -0.25) is 9.59 Å². The Hall–Kier alpha value is -3.79. The van der Waals surface area contributed by atoms with Crippen LogP contribution in [0.25, 0.3) is 11.1 Å². The molecule has 0 fully saturated rings. The molecule has 2 aromatic rings. The van der Waals surface area contributed by atoms with Crippen molar-refractivity contribution in [3.8, 4) is 23.5 Å². The number of likely N-dealkylation sites (N-methyl/N-ethyl adjacent to an activating group) is 1. The van der Waals surface area contributed by atoms with Crippen molar-refractivity contribution in [2.24, 2.45) is 0 Å². The number of nitrogens with one attached hydrogen (secondary N) is 1. The molecule has 0 aliphatic heterocycles. The molecule has 1 atom stereocenters. The number of hydrogen-bond donors (Lipinski definition) is 2. The van der Waals surface area contributed by atoms with Gasteiger partial charge in [0.1, 0.15) is 12.6 Å². The first-order valence-corrected chi connectivity index (χ1v) is 10.4. The number of fused-ring (bicyclic) bond motifs is 3.